The van der Waals surface area contributed by atoms with Crippen LogP contribution in [-0.4, -0.2) is 17.5 Å². The minimum atomic E-state index is -4.70. The Bertz CT molecular complexity index is 617. The van der Waals surface area contributed by atoms with Crippen LogP contribution in [0.1, 0.15) is 0 Å². The summed E-state index contributed by atoms with van der Waals surface area (Å²) in [6.07, 6.45) is -4.70. The quantitative estimate of drug-likeness (QED) is 0.778. The summed E-state index contributed by atoms with van der Waals surface area (Å²) in [6, 6.07) is 4.99. The van der Waals surface area contributed by atoms with Gasteiger partial charge < -0.3 is 4.42 Å². The number of oxazole rings is 1. The Hall–Kier alpha value is -1.03. The SMILES string of the molecule is O=c1oc2cc(I)ccc2n1CCOC(F)(F)F. The molecule has 4 nitrogen and oxygen atoms in total. The zero-order chi connectivity index (χ0) is 13.3. The number of alkyl halides is 3. The molecule has 2 rings (SSSR count). The van der Waals surface area contributed by atoms with Gasteiger partial charge in [0.15, 0.2) is 5.58 Å². The number of hydrogen-bond donors (Lipinski definition) is 0. The highest BCUT2D eigenvalue weighted by Gasteiger charge is 2.28. The third-order valence-electron chi connectivity index (χ3n) is 2.21. The highest BCUT2D eigenvalue weighted by Crippen LogP contribution is 2.18. The van der Waals surface area contributed by atoms with E-state index in [-0.39, 0.29) is 6.54 Å². The third-order valence-corrected chi connectivity index (χ3v) is 2.88. The maximum atomic E-state index is 11.8. The molecule has 0 aliphatic carbocycles. The summed E-state index contributed by atoms with van der Waals surface area (Å²) >= 11 is 2.04. The van der Waals surface area contributed by atoms with Gasteiger partial charge >= 0.3 is 12.1 Å². The van der Waals surface area contributed by atoms with Crippen LogP contribution < -0.4 is 5.76 Å². The molecule has 1 heterocycles. The van der Waals surface area contributed by atoms with Crippen LogP contribution in [0, 0.1) is 3.57 Å². The lowest BCUT2D eigenvalue weighted by Crippen LogP contribution is -2.21. The predicted octanol–water partition coefficient (Wildman–Crippen LogP) is 2.74. The summed E-state index contributed by atoms with van der Waals surface area (Å²) in [5, 5.41) is 0. The van der Waals surface area contributed by atoms with Gasteiger partial charge in [-0.1, -0.05) is 0 Å². The molecule has 0 amide bonds. The first-order valence-electron chi connectivity index (χ1n) is 4.86. The van der Waals surface area contributed by atoms with Gasteiger partial charge in [0.25, 0.3) is 0 Å². The summed E-state index contributed by atoms with van der Waals surface area (Å²) in [4.78, 5) is 11.5. The van der Waals surface area contributed by atoms with Crippen molar-refractivity contribution in [3.05, 3.63) is 32.3 Å². The maximum Gasteiger partial charge on any atom is 0.522 e. The maximum absolute atomic E-state index is 11.8. The molecule has 0 N–H and O–H groups in total. The topological polar surface area (TPSA) is 44.4 Å². The van der Waals surface area contributed by atoms with Crippen molar-refractivity contribution >= 4 is 33.7 Å². The molecule has 0 fully saturated rings. The normalized spacial score (nSPS) is 12.2. The molecule has 2 aromatic rings. The van der Waals surface area contributed by atoms with Gasteiger partial charge in [-0.3, -0.25) is 9.30 Å². The number of benzene rings is 1. The minimum absolute atomic E-state index is 0.216. The van der Waals surface area contributed by atoms with Crippen molar-refractivity contribution in [2.45, 2.75) is 12.9 Å². The van der Waals surface area contributed by atoms with E-state index in [0.29, 0.717) is 11.1 Å². The van der Waals surface area contributed by atoms with Crippen LogP contribution in [0.5, 0.6) is 0 Å². The Morgan fingerprint density at radius 2 is 2.11 bits per heavy atom. The molecule has 0 aliphatic heterocycles. The van der Waals surface area contributed by atoms with Gasteiger partial charge in [0.05, 0.1) is 18.7 Å². The van der Waals surface area contributed by atoms with E-state index < -0.39 is 18.7 Å². The molecule has 0 saturated heterocycles. The standard InChI is InChI=1S/C10H7F3INO3/c11-10(12,13)17-4-3-15-7-2-1-6(14)5-8(7)18-9(15)16/h1-2,5H,3-4H2. The van der Waals surface area contributed by atoms with Crippen molar-refractivity contribution < 1.29 is 22.3 Å². The predicted molar refractivity (Wildman–Crippen MR) is 65.2 cm³/mol. The molecule has 0 unspecified atom stereocenters. The van der Waals surface area contributed by atoms with E-state index in [2.05, 4.69) is 4.74 Å². The Kier molecular flexibility index (Phi) is 3.66. The molecule has 0 radical (unpaired) electrons. The lowest BCUT2D eigenvalue weighted by atomic mass is 10.3. The van der Waals surface area contributed by atoms with E-state index in [9.17, 15) is 18.0 Å². The lowest BCUT2D eigenvalue weighted by Gasteiger charge is -2.07. The van der Waals surface area contributed by atoms with E-state index in [1.165, 1.54) is 0 Å². The van der Waals surface area contributed by atoms with Gasteiger partial charge in [-0.15, -0.1) is 13.2 Å². The molecular weight excluding hydrogens is 366 g/mol. The van der Waals surface area contributed by atoms with E-state index in [1.807, 2.05) is 22.6 Å². The molecule has 18 heavy (non-hydrogen) atoms. The van der Waals surface area contributed by atoms with E-state index in [1.54, 1.807) is 18.2 Å². The Morgan fingerprint density at radius 1 is 1.39 bits per heavy atom. The summed E-state index contributed by atoms with van der Waals surface area (Å²) in [5.74, 6) is -0.697. The molecule has 0 atom stereocenters. The van der Waals surface area contributed by atoms with Crippen LogP contribution in [-0.2, 0) is 11.3 Å². The molecule has 0 bridgehead atoms. The second-order valence-corrected chi connectivity index (χ2v) is 4.67. The first-order chi connectivity index (χ1) is 8.37. The van der Waals surface area contributed by atoms with Gasteiger partial charge in [-0.05, 0) is 40.8 Å². The Balaban J connectivity index is 2.23. The highest BCUT2D eigenvalue weighted by molar-refractivity contribution is 14.1. The number of nitrogens with zero attached hydrogens (tertiary/aromatic N) is 1. The molecule has 0 aliphatic rings. The van der Waals surface area contributed by atoms with Crippen LogP contribution in [0.25, 0.3) is 11.1 Å². The largest absolute Gasteiger partial charge is 0.522 e. The Labute approximate surface area is 112 Å². The van der Waals surface area contributed by atoms with Crippen molar-refractivity contribution in [3.63, 3.8) is 0 Å². The molecule has 0 saturated carbocycles. The van der Waals surface area contributed by atoms with Crippen LogP contribution in [0.15, 0.2) is 27.4 Å². The average Bonchev–Trinajstić information content (AvgIpc) is 2.52. The van der Waals surface area contributed by atoms with Crippen molar-refractivity contribution in [2.24, 2.45) is 0 Å². The monoisotopic (exact) mass is 373 g/mol. The van der Waals surface area contributed by atoms with Crippen molar-refractivity contribution in [1.82, 2.24) is 4.57 Å². The minimum Gasteiger partial charge on any atom is -0.408 e. The zero-order valence-corrected chi connectivity index (χ0v) is 11.0. The van der Waals surface area contributed by atoms with Crippen LogP contribution in [0.2, 0.25) is 0 Å². The summed E-state index contributed by atoms with van der Waals surface area (Å²) < 4.78 is 46.0. The second-order valence-electron chi connectivity index (χ2n) is 3.43. The Morgan fingerprint density at radius 3 is 2.78 bits per heavy atom. The van der Waals surface area contributed by atoms with Crippen molar-refractivity contribution in [1.29, 1.82) is 0 Å². The molecule has 1 aromatic heterocycles. The smallest absolute Gasteiger partial charge is 0.408 e. The molecule has 0 spiro atoms. The number of ether oxygens (including phenoxy) is 1. The molecular formula is C10H7F3INO3. The van der Waals surface area contributed by atoms with Gasteiger partial charge in [0.1, 0.15) is 0 Å². The highest BCUT2D eigenvalue weighted by atomic mass is 127. The molecule has 98 valence electrons. The fourth-order valence-corrected chi connectivity index (χ4v) is 1.97. The van der Waals surface area contributed by atoms with E-state index in [0.717, 1.165) is 8.14 Å². The van der Waals surface area contributed by atoms with Gasteiger partial charge in [0, 0.05) is 3.57 Å². The zero-order valence-electron chi connectivity index (χ0n) is 8.83. The van der Waals surface area contributed by atoms with Crippen LogP contribution in [0.4, 0.5) is 13.2 Å². The van der Waals surface area contributed by atoms with E-state index >= 15 is 0 Å². The van der Waals surface area contributed by atoms with Crippen molar-refractivity contribution in [2.75, 3.05) is 6.61 Å². The average molecular weight is 373 g/mol. The third kappa shape index (κ3) is 3.05. The van der Waals surface area contributed by atoms with Gasteiger partial charge in [0.2, 0.25) is 0 Å². The van der Waals surface area contributed by atoms with Gasteiger partial charge in [-0.2, -0.15) is 0 Å². The lowest BCUT2D eigenvalue weighted by molar-refractivity contribution is -0.325. The number of aromatic nitrogens is 1. The number of hydrogen-bond acceptors (Lipinski definition) is 3. The summed E-state index contributed by atoms with van der Waals surface area (Å²) in [5.41, 5.74) is 0.796. The first-order valence-corrected chi connectivity index (χ1v) is 5.94. The van der Waals surface area contributed by atoms with Crippen LogP contribution in [0.3, 0.4) is 0 Å². The number of fused-ring (bicyclic) bond motifs is 1. The molecule has 1 aromatic carbocycles. The first kappa shape index (κ1) is 13.4. The molecule has 8 heteroatoms. The van der Waals surface area contributed by atoms with Crippen LogP contribution >= 0.6 is 22.6 Å². The van der Waals surface area contributed by atoms with Crippen molar-refractivity contribution in [3.8, 4) is 0 Å². The summed E-state index contributed by atoms with van der Waals surface area (Å²) in [6.45, 7) is -0.851. The van der Waals surface area contributed by atoms with Gasteiger partial charge in [-0.25, -0.2) is 4.79 Å². The van der Waals surface area contributed by atoms with E-state index in [4.69, 9.17) is 4.42 Å². The fourth-order valence-electron chi connectivity index (χ4n) is 1.50. The fraction of sp³-hybridized carbons (Fsp3) is 0.300. The number of rotatable bonds is 3. The second kappa shape index (κ2) is 4.92. The summed E-state index contributed by atoms with van der Waals surface area (Å²) in [7, 11) is 0. The number of halogens is 4.